The number of carboxylic acids is 1. The van der Waals surface area contributed by atoms with Crippen molar-refractivity contribution in [2.75, 3.05) is 0 Å². The second kappa shape index (κ2) is 2.82. The van der Waals surface area contributed by atoms with E-state index in [9.17, 15) is 9.59 Å². The number of carbonyl (C=O) groups is 2. The second-order valence-corrected chi connectivity index (χ2v) is 2.74. The number of aldehydes is 1. The fourth-order valence-corrected chi connectivity index (χ4v) is 1.36. The average Bonchev–Trinajstić information content (AvgIpc) is 2.34. The summed E-state index contributed by atoms with van der Waals surface area (Å²) >= 11 is 0. The molecule has 1 saturated carbocycles. The van der Waals surface area contributed by atoms with Gasteiger partial charge in [0.05, 0.1) is 5.92 Å². The summed E-state index contributed by atoms with van der Waals surface area (Å²) in [5.74, 6) is -1.03. The summed E-state index contributed by atoms with van der Waals surface area (Å²) in [7, 11) is 0. The molecule has 1 aliphatic carbocycles. The molecule has 0 aromatic heterocycles. The second-order valence-electron chi connectivity index (χ2n) is 2.74. The Morgan fingerprint density at radius 1 is 1.50 bits per heavy atom. The zero-order chi connectivity index (χ0) is 7.56. The molecule has 1 N–H and O–H groups in total. The van der Waals surface area contributed by atoms with E-state index in [1.54, 1.807) is 0 Å². The maximum Gasteiger partial charge on any atom is 0.306 e. The number of hydrogen-bond donors (Lipinski definition) is 1. The molecule has 1 aliphatic rings. The van der Waals surface area contributed by atoms with E-state index in [0.717, 1.165) is 12.7 Å². The Balaban J connectivity index is 2.42. The van der Waals surface area contributed by atoms with Crippen LogP contribution < -0.4 is 0 Å². The minimum atomic E-state index is -0.760. The van der Waals surface area contributed by atoms with Crippen molar-refractivity contribution >= 4 is 12.3 Å². The van der Waals surface area contributed by atoms with Gasteiger partial charge in [0.1, 0.15) is 6.29 Å². The summed E-state index contributed by atoms with van der Waals surface area (Å²) in [4.78, 5) is 20.5. The molecule has 0 amide bonds. The summed E-state index contributed by atoms with van der Waals surface area (Å²) in [5.41, 5.74) is 0. The summed E-state index contributed by atoms with van der Waals surface area (Å²) in [6.45, 7) is 0. The first kappa shape index (κ1) is 7.25. The molecule has 0 aliphatic heterocycles. The molecule has 0 aromatic carbocycles. The lowest BCUT2D eigenvalue weighted by molar-refractivity contribution is -0.141. The molecule has 10 heavy (non-hydrogen) atoms. The predicted octanol–water partition coefficient (Wildman–Crippen LogP) is 0.686. The molecular weight excluding hydrogens is 132 g/mol. The smallest absolute Gasteiger partial charge is 0.306 e. The van der Waals surface area contributed by atoms with Crippen molar-refractivity contribution in [1.29, 1.82) is 0 Å². The third kappa shape index (κ3) is 1.35. The highest BCUT2D eigenvalue weighted by molar-refractivity contribution is 5.71. The summed E-state index contributed by atoms with van der Waals surface area (Å²) in [6.07, 6.45) is 2.82. The standard InChI is InChI=1S/C7H10O3/c8-4-5-1-2-6(3-5)7(9)10/h4-6H,1-3H2,(H,9,10). The molecule has 0 radical (unpaired) electrons. The minimum Gasteiger partial charge on any atom is -0.481 e. The van der Waals surface area contributed by atoms with Crippen molar-refractivity contribution in [3.05, 3.63) is 0 Å². The molecule has 3 heteroatoms. The Morgan fingerprint density at radius 2 is 2.20 bits per heavy atom. The van der Waals surface area contributed by atoms with Gasteiger partial charge in [-0.15, -0.1) is 0 Å². The number of carboxylic acid groups (broad SMARTS) is 1. The molecule has 2 unspecified atom stereocenters. The Hall–Kier alpha value is -0.860. The summed E-state index contributed by atoms with van der Waals surface area (Å²) in [6, 6.07) is 0. The molecule has 1 rings (SSSR count). The third-order valence-electron chi connectivity index (χ3n) is 2.01. The van der Waals surface area contributed by atoms with Gasteiger partial charge >= 0.3 is 5.97 Å². The molecular formula is C7H10O3. The zero-order valence-corrected chi connectivity index (χ0v) is 5.62. The molecule has 0 heterocycles. The Morgan fingerprint density at radius 3 is 2.50 bits per heavy atom. The van der Waals surface area contributed by atoms with Crippen LogP contribution in [0.15, 0.2) is 0 Å². The highest BCUT2D eigenvalue weighted by Gasteiger charge is 2.28. The molecule has 0 aromatic rings. The number of carbonyl (C=O) groups excluding carboxylic acids is 1. The fourth-order valence-electron chi connectivity index (χ4n) is 1.36. The summed E-state index contributed by atoms with van der Waals surface area (Å²) < 4.78 is 0. The molecule has 56 valence electrons. The van der Waals surface area contributed by atoms with E-state index in [2.05, 4.69) is 0 Å². The molecule has 1 fully saturated rings. The van der Waals surface area contributed by atoms with Gasteiger partial charge in [0, 0.05) is 5.92 Å². The van der Waals surface area contributed by atoms with Crippen LogP contribution in [-0.4, -0.2) is 17.4 Å². The van der Waals surface area contributed by atoms with E-state index in [1.807, 2.05) is 0 Å². The number of aliphatic carboxylic acids is 1. The Bertz CT molecular complexity index is 153. The molecule has 0 saturated heterocycles. The van der Waals surface area contributed by atoms with E-state index in [4.69, 9.17) is 5.11 Å². The SMILES string of the molecule is O=CC1CCC(C(=O)O)C1. The van der Waals surface area contributed by atoms with E-state index in [1.165, 1.54) is 0 Å². The fraction of sp³-hybridized carbons (Fsp3) is 0.714. The van der Waals surface area contributed by atoms with Crippen LogP contribution in [0.25, 0.3) is 0 Å². The van der Waals surface area contributed by atoms with Gasteiger partial charge in [0.2, 0.25) is 0 Å². The topological polar surface area (TPSA) is 54.4 Å². The van der Waals surface area contributed by atoms with Gasteiger partial charge < -0.3 is 9.90 Å². The minimum absolute atomic E-state index is 0.00102. The van der Waals surface area contributed by atoms with Gasteiger partial charge in [-0.3, -0.25) is 4.79 Å². The van der Waals surface area contributed by atoms with E-state index in [0.29, 0.717) is 12.8 Å². The van der Waals surface area contributed by atoms with Crippen LogP contribution in [0, 0.1) is 11.8 Å². The van der Waals surface area contributed by atoms with Crippen LogP contribution in [0.4, 0.5) is 0 Å². The van der Waals surface area contributed by atoms with Crippen LogP contribution in [0.3, 0.4) is 0 Å². The van der Waals surface area contributed by atoms with Crippen molar-refractivity contribution in [1.82, 2.24) is 0 Å². The Labute approximate surface area is 59.0 Å². The van der Waals surface area contributed by atoms with E-state index >= 15 is 0 Å². The van der Waals surface area contributed by atoms with Crippen molar-refractivity contribution < 1.29 is 14.7 Å². The monoisotopic (exact) mass is 142 g/mol. The summed E-state index contributed by atoms with van der Waals surface area (Å²) in [5, 5.41) is 8.51. The van der Waals surface area contributed by atoms with Crippen LogP contribution >= 0.6 is 0 Å². The van der Waals surface area contributed by atoms with Crippen LogP contribution in [0.1, 0.15) is 19.3 Å². The van der Waals surface area contributed by atoms with Gasteiger partial charge in [-0.05, 0) is 19.3 Å². The quantitative estimate of drug-likeness (QED) is 0.577. The van der Waals surface area contributed by atoms with Crippen molar-refractivity contribution in [2.45, 2.75) is 19.3 Å². The largest absolute Gasteiger partial charge is 0.481 e. The number of rotatable bonds is 2. The maximum atomic E-state index is 10.3. The van der Waals surface area contributed by atoms with Gasteiger partial charge in [0.15, 0.2) is 0 Å². The third-order valence-corrected chi connectivity index (χ3v) is 2.01. The molecule has 3 nitrogen and oxygen atoms in total. The van der Waals surface area contributed by atoms with Crippen molar-refractivity contribution in [3.8, 4) is 0 Å². The van der Waals surface area contributed by atoms with Gasteiger partial charge in [-0.25, -0.2) is 0 Å². The highest BCUT2D eigenvalue weighted by Crippen LogP contribution is 2.29. The molecule has 0 spiro atoms. The first-order valence-corrected chi connectivity index (χ1v) is 3.42. The Kier molecular flexibility index (Phi) is 2.04. The molecule has 0 bridgehead atoms. The van der Waals surface area contributed by atoms with Crippen LogP contribution in [-0.2, 0) is 9.59 Å². The average molecular weight is 142 g/mol. The molecule has 2 atom stereocenters. The van der Waals surface area contributed by atoms with Crippen LogP contribution in [0.5, 0.6) is 0 Å². The van der Waals surface area contributed by atoms with Gasteiger partial charge in [0.25, 0.3) is 0 Å². The van der Waals surface area contributed by atoms with E-state index in [-0.39, 0.29) is 11.8 Å². The first-order chi connectivity index (χ1) is 4.74. The lowest BCUT2D eigenvalue weighted by Crippen LogP contribution is -2.09. The number of hydrogen-bond acceptors (Lipinski definition) is 2. The lowest BCUT2D eigenvalue weighted by Gasteiger charge is -1.99. The van der Waals surface area contributed by atoms with Crippen molar-refractivity contribution in [3.63, 3.8) is 0 Å². The van der Waals surface area contributed by atoms with Crippen LogP contribution in [0.2, 0.25) is 0 Å². The lowest BCUT2D eigenvalue weighted by atomic mass is 10.1. The zero-order valence-electron chi connectivity index (χ0n) is 5.62. The van der Waals surface area contributed by atoms with Gasteiger partial charge in [-0.2, -0.15) is 0 Å². The van der Waals surface area contributed by atoms with Gasteiger partial charge in [-0.1, -0.05) is 0 Å². The first-order valence-electron chi connectivity index (χ1n) is 3.42. The van der Waals surface area contributed by atoms with E-state index < -0.39 is 5.97 Å². The normalized spacial score (nSPS) is 32.0. The maximum absolute atomic E-state index is 10.3. The highest BCUT2D eigenvalue weighted by atomic mass is 16.4. The van der Waals surface area contributed by atoms with Crippen molar-refractivity contribution in [2.24, 2.45) is 11.8 Å². The predicted molar refractivity (Wildman–Crippen MR) is 34.5 cm³/mol.